The Kier molecular flexibility index (Phi) is 40.4. The Morgan fingerprint density at radius 2 is 0.875 bits per heavy atom. The average Bonchev–Trinajstić information content (AvgIpc) is 1.60. The van der Waals surface area contributed by atoms with Crippen molar-refractivity contribution in [1.82, 2.24) is 0 Å². The number of halogens is 13. The molecule has 2 unspecified atom stereocenters. The minimum Gasteiger partial charge on any atom is -0.469 e. The fourth-order valence-corrected chi connectivity index (χ4v) is 14.1. The van der Waals surface area contributed by atoms with Crippen LogP contribution in [0.2, 0.25) is 0 Å². The fraction of sp³-hybridized carbons (Fsp3) is 0.512. The SMILES string of the molecule is C.C.C1CCCC1.C1CCOC1.CCC1(C(=O)OC)CN(c2c(C)cccc2C)C(=O)C1C.CC[C@@]1(C(=O)Nc2cc(C3CC3)cc(C(F)(F)F)c2)CN(c2c(C)cccc2C)C(=O)[C@H]1C.Nc1cc(Br)cc(C(F)(F)F)c1.Nc1cc(C2CC2)cc(C(F)(F)F)c1.[CH2-]CCC.[CH2-]c1cc(C2CC2)cc(C(F)(F)F)c1.[Li+].[Li+]. The van der Waals surface area contributed by atoms with E-state index < -0.39 is 69.6 Å². The average molecular weight is 1630 g/mol. The van der Waals surface area contributed by atoms with Crippen LogP contribution in [0.3, 0.4) is 0 Å². The number of hydrogen-bond acceptors (Lipinski definition) is 8. The Labute approximate surface area is 688 Å². The molecule has 4 aliphatic carbocycles. The van der Waals surface area contributed by atoms with E-state index >= 15 is 0 Å². The smallest absolute Gasteiger partial charge is 0.469 e. The molecule has 3 aliphatic heterocycles. The fourth-order valence-electron chi connectivity index (χ4n) is 13.6. The van der Waals surface area contributed by atoms with Crippen LogP contribution >= 0.6 is 15.9 Å². The molecule has 4 atom stereocenters. The van der Waals surface area contributed by atoms with E-state index in [1.807, 2.05) is 84.9 Å². The van der Waals surface area contributed by atoms with E-state index in [1.165, 1.54) is 82.7 Å². The Bertz CT molecular complexity index is 3850. The van der Waals surface area contributed by atoms with Crippen molar-refractivity contribution < 1.29 is 119 Å². The number of carbonyl (C=O) groups is 4. The number of anilines is 5. The van der Waals surface area contributed by atoms with Crippen molar-refractivity contribution in [2.75, 3.05) is 60.0 Å². The first kappa shape index (κ1) is 102. The van der Waals surface area contributed by atoms with E-state index in [2.05, 4.69) is 42.0 Å². The zero-order valence-corrected chi connectivity index (χ0v) is 67.0. The van der Waals surface area contributed by atoms with Gasteiger partial charge >= 0.3 is 68.4 Å². The number of rotatable bonds is 11. The van der Waals surface area contributed by atoms with Gasteiger partial charge in [0.15, 0.2) is 0 Å². The third-order valence-corrected chi connectivity index (χ3v) is 21.0. The number of nitrogens with two attached hydrogens (primary N) is 2. The van der Waals surface area contributed by atoms with E-state index in [0.717, 1.165) is 133 Å². The molecular formula is C86H112BrF12Li2N5O6. The molecule has 4 saturated carbocycles. The molecule has 11 nitrogen and oxygen atoms in total. The van der Waals surface area contributed by atoms with Crippen molar-refractivity contribution in [3.8, 4) is 0 Å². The van der Waals surface area contributed by atoms with Crippen LogP contribution in [-0.4, -0.2) is 57.1 Å². The van der Waals surface area contributed by atoms with Gasteiger partial charge in [0.25, 0.3) is 0 Å². The number of benzene rings is 6. The summed E-state index contributed by atoms with van der Waals surface area (Å²) in [6.07, 6.45) is 1.59. The number of aryl methyl sites for hydroxylation is 4. The molecule has 6 aromatic rings. The second-order valence-corrected chi connectivity index (χ2v) is 29.9. The van der Waals surface area contributed by atoms with Gasteiger partial charge in [0.1, 0.15) is 0 Å². The monoisotopic (exact) mass is 1630 g/mol. The van der Waals surface area contributed by atoms with Crippen LogP contribution in [0, 0.1) is 64.2 Å². The summed E-state index contributed by atoms with van der Waals surface area (Å²) in [4.78, 5) is 55.3. The van der Waals surface area contributed by atoms with Crippen molar-refractivity contribution in [2.45, 2.75) is 229 Å². The Morgan fingerprint density at radius 1 is 0.536 bits per heavy atom. The largest absolute Gasteiger partial charge is 1.00 e. The molecule has 7 aliphatic rings. The summed E-state index contributed by atoms with van der Waals surface area (Å²) in [6.45, 7) is 27.1. The second kappa shape index (κ2) is 44.5. The molecule has 7 fully saturated rings. The van der Waals surface area contributed by atoms with E-state index in [-0.39, 0.29) is 106 Å². The molecule has 0 aromatic heterocycles. The van der Waals surface area contributed by atoms with Crippen LogP contribution in [0.4, 0.5) is 81.1 Å². The van der Waals surface area contributed by atoms with E-state index in [4.69, 9.17) is 20.9 Å². The third-order valence-electron chi connectivity index (χ3n) is 20.5. The molecule has 26 heteroatoms. The summed E-state index contributed by atoms with van der Waals surface area (Å²) in [5.41, 5.74) is 14.8. The number of methoxy groups -OCH3 is 1. The topological polar surface area (TPSA) is 157 Å². The standard InChI is InChI=1S/C26H29F3N2O2.C17H23NO3.C11H10F3.C10H10F3N.C7H5BrF3N.C5H10.C4H8O.C4H9.2CH4.2Li/c1-5-25(14-31(23(32)17(25)4)22-15(2)7-6-8-16(22)3)24(33)30-21-12-19(18-9-10-18)11-20(13-21)26(27,28)29;1-6-17(16(20)21-5)10-18(15(19)13(17)4)14-11(2)8-7-9-12(14)3;1-7-4-9(8-2-3-8)6-10(5-7)11(12,13)14;11-10(12,13)8-3-7(6-1-2-6)4-9(14)5-8;8-5-1-4(7(9,10)11)2-6(12)3-5;2*1-2-4-5-3-1;1-3-4-2;;;;/h6-8,11-13,17-18H,5,9-10,14H2,1-4H3,(H,30,33);7-9,13H,6,10H2,1-5H3;4-6,8H,1-3H2;3-6H,1-2,14H2;1-3H,12H2;1-5H2;1-4H2;1,3-4H2,2H3;2*1H4;;/q;;-1;;;;;-1;;;2*+1/t17-,25-;;;;;;;;;;;/m1.........../s1. The zero-order chi connectivity index (χ0) is 80.4. The van der Waals surface area contributed by atoms with Crippen LogP contribution in [0.5, 0.6) is 0 Å². The summed E-state index contributed by atoms with van der Waals surface area (Å²) in [6, 6.07) is 26.7. The van der Waals surface area contributed by atoms with Gasteiger partial charge in [-0.3, -0.25) is 19.2 Å². The predicted octanol–water partition coefficient (Wildman–Crippen LogP) is 18.7. The van der Waals surface area contributed by atoms with Gasteiger partial charge in [0.05, 0.1) is 46.5 Å². The van der Waals surface area contributed by atoms with E-state index in [9.17, 15) is 71.9 Å². The summed E-state index contributed by atoms with van der Waals surface area (Å²) < 4.78 is 161. The molecule has 5 N–H and O–H groups in total. The second-order valence-electron chi connectivity index (χ2n) is 29.0. The molecule has 0 spiro atoms. The van der Waals surface area contributed by atoms with Crippen LogP contribution in [0.1, 0.15) is 243 Å². The van der Waals surface area contributed by atoms with Crippen molar-refractivity contribution in [2.24, 2.45) is 22.7 Å². The summed E-state index contributed by atoms with van der Waals surface area (Å²) in [5.74, 6) is -1.09. The normalized spacial score (nSPS) is 19.5. The summed E-state index contributed by atoms with van der Waals surface area (Å²) in [7, 11) is 1.39. The van der Waals surface area contributed by atoms with Gasteiger partial charge in [-0.25, -0.2) is 0 Å². The molecule has 0 bridgehead atoms. The number of alkyl halides is 12. The van der Waals surface area contributed by atoms with Crippen LogP contribution < -0.4 is 64.3 Å². The first-order valence-corrected chi connectivity index (χ1v) is 37.8. The number of unbranched alkanes of at least 4 members (excludes halogenated alkanes) is 1. The molecule has 3 saturated heterocycles. The summed E-state index contributed by atoms with van der Waals surface area (Å²) in [5, 5.41) is 2.75. The number of amides is 3. The van der Waals surface area contributed by atoms with Gasteiger partial charge < -0.3 is 43.0 Å². The predicted molar refractivity (Wildman–Crippen MR) is 421 cm³/mol. The number of esters is 1. The number of nitrogen functional groups attached to an aromatic ring is 2. The van der Waals surface area contributed by atoms with Gasteiger partial charge in [-0.05, 0) is 203 Å². The Morgan fingerprint density at radius 3 is 1.21 bits per heavy atom. The van der Waals surface area contributed by atoms with Crippen molar-refractivity contribution in [1.29, 1.82) is 0 Å². The van der Waals surface area contributed by atoms with Crippen molar-refractivity contribution in [3.05, 3.63) is 194 Å². The molecule has 3 amide bonds. The summed E-state index contributed by atoms with van der Waals surface area (Å²) >= 11 is 2.93. The number of nitrogens with one attached hydrogen (secondary N) is 1. The van der Waals surface area contributed by atoms with Crippen LogP contribution in [-0.2, 0) is 53.4 Å². The molecule has 112 heavy (non-hydrogen) atoms. The van der Waals surface area contributed by atoms with Crippen LogP contribution in [0.25, 0.3) is 0 Å². The maximum Gasteiger partial charge on any atom is 1.00 e. The van der Waals surface area contributed by atoms with Gasteiger partial charge in [-0.2, -0.15) is 83.7 Å². The molecular weight excluding hydrogens is 1520 g/mol. The minimum atomic E-state index is -4.50. The quantitative estimate of drug-likeness (QED) is 0.0380. The number of ether oxygens (including phenoxy) is 2. The van der Waals surface area contributed by atoms with E-state index in [1.54, 1.807) is 34.9 Å². The number of para-hydroxylation sites is 2. The first-order chi connectivity index (χ1) is 50.6. The minimum absolute atomic E-state index is 0. The molecule has 6 aromatic carbocycles. The molecule has 0 radical (unpaired) electrons. The molecule has 610 valence electrons. The van der Waals surface area contributed by atoms with Crippen molar-refractivity contribution in [3.63, 3.8) is 0 Å². The van der Waals surface area contributed by atoms with Gasteiger partial charge in [-0.15, -0.1) is 5.56 Å². The maximum absolute atomic E-state index is 13.6. The Balaban J connectivity index is 0.000000469. The van der Waals surface area contributed by atoms with Gasteiger partial charge in [0.2, 0.25) is 17.7 Å². The van der Waals surface area contributed by atoms with E-state index in [0.29, 0.717) is 46.8 Å². The third kappa shape index (κ3) is 28.4. The van der Waals surface area contributed by atoms with Crippen LogP contribution in [0.15, 0.2) is 114 Å². The zero-order valence-electron chi connectivity index (χ0n) is 65.5. The number of carbonyl (C=O) groups excluding carboxylic acids is 4. The number of hydrogen-bond donors (Lipinski definition) is 3. The van der Waals surface area contributed by atoms with Gasteiger partial charge in [0, 0.05) is 59.2 Å². The first-order valence-electron chi connectivity index (χ1n) is 37.0. The van der Waals surface area contributed by atoms with Gasteiger partial charge in [-0.1, -0.05) is 146 Å². The maximum atomic E-state index is 13.6. The molecule has 3 heterocycles. The molecule has 13 rings (SSSR count). The Hall–Kier alpha value is -6.54. The number of nitrogens with zero attached hydrogens (tertiary/aromatic N) is 2. The van der Waals surface area contributed by atoms with Crippen molar-refractivity contribution >= 4 is 68.1 Å².